The van der Waals surface area contributed by atoms with Crippen molar-refractivity contribution in [1.29, 1.82) is 0 Å². The van der Waals surface area contributed by atoms with Gasteiger partial charge in [-0.25, -0.2) is 13.8 Å². The number of amides is 1. The summed E-state index contributed by atoms with van der Waals surface area (Å²) in [5, 5.41) is 7.76. The highest BCUT2D eigenvalue weighted by atomic mass is 32.2. The van der Waals surface area contributed by atoms with Gasteiger partial charge in [0.05, 0.1) is 16.3 Å². The zero-order chi connectivity index (χ0) is 21.4. The van der Waals surface area contributed by atoms with Crippen LogP contribution in [0.1, 0.15) is 17.3 Å². The lowest BCUT2D eigenvalue weighted by atomic mass is 10.2. The van der Waals surface area contributed by atoms with Crippen LogP contribution >= 0.6 is 0 Å². The molecular weight excluding hydrogens is 400 g/mol. The summed E-state index contributed by atoms with van der Waals surface area (Å²) in [6.45, 7) is 1.47. The first-order valence-corrected chi connectivity index (χ1v) is 10.6. The summed E-state index contributed by atoms with van der Waals surface area (Å²) in [4.78, 5) is 12.3. The van der Waals surface area contributed by atoms with Crippen molar-refractivity contribution in [3.8, 4) is 0 Å². The number of hydrogen-bond donors (Lipinski definition) is 2. The molecule has 8 heteroatoms. The first kappa shape index (κ1) is 20.9. The van der Waals surface area contributed by atoms with Crippen LogP contribution in [-0.4, -0.2) is 25.1 Å². The zero-order valence-electron chi connectivity index (χ0n) is 16.2. The van der Waals surface area contributed by atoms with E-state index < -0.39 is 15.7 Å². The van der Waals surface area contributed by atoms with Gasteiger partial charge in [0.1, 0.15) is 0 Å². The van der Waals surface area contributed by atoms with E-state index in [9.17, 15) is 13.2 Å². The molecule has 0 fully saturated rings. The number of sulfone groups is 1. The third-order valence-electron chi connectivity index (χ3n) is 4.04. The van der Waals surface area contributed by atoms with E-state index in [1.165, 1.54) is 19.1 Å². The summed E-state index contributed by atoms with van der Waals surface area (Å²) < 4.78 is 26.3. The number of benzene rings is 3. The van der Waals surface area contributed by atoms with E-state index in [2.05, 4.69) is 21.1 Å². The third kappa shape index (κ3) is 5.18. The van der Waals surface area contributed by atoms with Crippen molar-refractivity contribution < 1.29 is 13.2 Å². The van der Waals surface area contributed by atoms with Crippen molar-refractivity contribution in [1.82, 2.24) is 5.43 Å². The van der Waals surface area contributed by atoms with Crippen LogP contribution in [0.2, 0.25) is 0 Å². The second kappa shape index (κ2) is 9.62. The van der Waals surface area contributed by atoms with Gasteiger partial charge in [-0.2, -0.15) is 10.2 Å². The van der Waals surface area contributed by atoms with Crippen LogP contribution < -0.4 is 10.9 Å². The monoisotopic (exact) mass is 420 g/mol. The number of para-hydroxylation sites is 1. The molecule has 3 aromatic rings. The Morgan fingerprint density at radius 1 is 0.767 bits per heavy atom. The van der Waals surface area contributed by atoms with Gasteiger partial charge < -0.3 is 0 Å². The summed E-state index contributed by atoms with van der Waals surface area (Å²) in [7, 11) is -3.98. The van der Waals surface area contributed by atoms with Gasteiger partial charge in [0, 0.05) is 5.56 Å². The molecule has 1 amide bonds. The van der Waals surface area contributed by atoms with E-state index in [-0.39, 0.29) is 15.7 Å². The van der Waals surface area contributed by atoms with Crippen LogP contribution in [0.3, 0.4) is 0 Å². The lowest BCUT2D eigenvalue weighted by Gasteiger charge is -2.09. The van der Waals surface area contributed by atoms with Gasteiger partial charge in [-0.1, -0.05) is 54.6 Å². The van der Waals surface area contributed by atoms with E-state index in [1.54, 1.807) is 72.8 Å². The molecule has 152 valence electrons. The molecule has 0 bridgehead atoms. The average molecular weight is 420 g/mol. The highest BCUT2D eigenvalue weighted by molar-refractivity contribution is 8.08. The SMILES string of the molecule is CC(=N\NC(=O)c1ccccc1)/C(=N\Nc1ccccc1)S(=O)(=O)c1ccccc1. The second-order valence-electron chi connectivity index (χ2n) is 6.22. The molecule has 0 spiro atoms. The van der Waals surface area contributed by atoms with Crippen molar-refractivity contribution >= 4 is 32.2 Å². The average Bonchev–Trinajstić information content (AvgIpc) is 2.79. The minimum Gasteiger partial charge on any atom is -0.277 e. The first-order chi connectivity index (χ1) is 14.5. The highest BCUT2D eigenvalue weighted by Crippen LogP contribution is 2.14. The molecule has 0 radical (unpaired) electrons. The largest absolute Gasteiger partial charge is 0.277 e. The van der Waals surface area contributed by atoms with Gasteiger partial charge >= 0.3 is 0 Å². The van der Waals surface area contributed by atoms with Gasteiger partial charge in [0.15, 0.2) is 0 Å². The Balaban J connectivity index is 1.93. The number of nitrogens with zero attached hydrogens (tertiary/aromatic N) is 2. The molecule has 0 heterocycles. The molecule has 0 aliphatic heterocycles. The van der Waals surface area contributed by atoms with Crippen LogP contribution in [-0.2, 0) is 9.84 Å². The molecule has 0 aromatic heterocycles. The minimum absolute atomic E-state index is 0.0339. The molecule has 0 unspecified atom stereocenters. The van der Waals surface area contributed by atoms with Crippen LogP contribution in [0.5, 0.6) is 0 Å². The highest BCUT2D eigenvalue weighted by Gasteiger charge is 2.26. The lowest BCUT2D eigenvalue weighted by molar-refractivity contribution is 0.0955. The fraction of sp³-hybridized carbons (Fsp3) is 0.0455. The quantitative estimate of drug-likeness (QED) is 0.361. The van der Waals surface area contributed by atoms with Crippen molar-refractivity contribution in [3.05, 3.63) is 96.6 Å². The number of carbonyl (C=O) groups excluding carboxylic acids is 1. The Bertz CT molecular complexity index is 1160. The molecule has 7 nitrogen and oxygen atoms in total. The van der Waals surface area contributed by atoms with Crippen LogP contribution in [0.25, 0.3) is 0 Å². The maximum atomic E-state index is 13.1. The summed E-state index contributed by atoms with van der Waals surface area (Å²) in [6.07, 6.45) is 0. The molecule has 2 N–H and O–H groups in total. The Morgan fingerprint density at radius 3 is 1.90 bits per heavy atom. The van der Waals surface area contributed by atoms with Crippen LogP contribution in [0.4, 0.5) is 5.69 Å². The molecule has 0 atom stereocenters. The molecule has 0 saturated heterocycles. The van der Waals surface area contributed by atoms with Crippen LogP contribution in [0, 0.1) is 0 Å². The summed E-state index contributed by atoms with van der Waals surface area (Å²) in [6, 6.07) is 25.3. The molecule has 30 heavy (non-hydrogen) atoms. The topological polar surface area (TPSA) is 100.0 Å². The van der Waals surface area contributed by atoms with Crippen molar-refractivity contribution in [2.24, 2.45) is 10.2 Å². The number of hydrazone groups is 2. The lowest BCUT2D eigenvalue weighted by Crippen LogP contribution is -2.28. The summed E-state index contributed by atoms with van der Waals surface area (Å²) in [5.41, 5.74) is 6.16. The van der Waals surface area contributed by atoms with Crippen LogP contribution in [0.15, 0.2) is 106 Å². The van der Waals surface area contributed by atoms with Crippen molar-refractivity contribution in [3.63, 3.8) is 0 Å². The van der Waals surface area contributed by atoms with E-state index in [0.717, 1.165) is 0 Å². The fourth-order valence-electron chi connectivity index (χ4n) is 2.51. The van der Waals surface area contributed by atoms with E-state index in [1.807, 2.05) is 6.07 Å². The van der Waals surface area contributed by atoms with Gasteiger partial charge in [-0.15, -0.1) is 0 Å². The van der Waals surface area contributed by atoms with E-state index >= 15 is 0 Å². The smallest absolute Gasteiger partial charge is 0.271 e. The predicted molar refractivity (Wildman–Crippen MR) is 118 cm³/mol. The number of hydrogen-bond acceptors (Lipinski definition) is 6. The number of carbonyl (C=O) groups is 1. The Morgan fingerprint density at radius 2 is 1.30 bits per heavy atom. The zero-order valence-corrected chi connectivity index (χ0v) is 17.0. The molecule has 0 aliphatic carbocycles. The molecule has 3 rings (SSSR count). The number of anilines is 1. The van der Waals surface area contributed by atoms with Crippen molar-refractivity contribution in [2.75, 3.05) is 5.43 Å². The molecular formula is C22H20N4O3S. The summed E-state index contributed by atoms with van der Waals surface area (Å²) >= 11 is 0. The van der Waals surface area contributed by atoms with Gasteiger partial charge in [-0.05, 0) is 43.3 Å². The number of nitrogens with one attached hydrogen (secondary N) is 2. The Kier molecular flexibility index (Phi) is 6.71. The normalized spacial score (nSPS) is 12.3. The van der Waals surface area contributed by atoms with Gasteiger partial charge in [0.2, 0.25) is 14.9 Å². The fourth-order valence-corrected chi connectivity index (χ4v) is 3.85. The number of rotatable bonds is 6. The van der Waals surface area contributed by atoms with Crippen molar-refractivity contribution in [2.45, 2.75) is 11.8 Å². The van der Waals surface area contributed by atoms with Gasteiger partial charge in [-0.3, -0.25) is 10.2 Å². The maximum absolute atomic E-state index is 13.1. The Labute approximate surface area is 175 Å². The predicted octanol–water partition coefficient (Wildman–Crippen LogP) is 3.69. The second-order valence-corrected chi connectivity index (χ2v) is 8.08. The minimum atomic E-state index is -3.98. The molecule has 0 saturated carbocycles. The first-order valence-electron chi connectivity index (χ1n) is 9.07. The molecule has 3 aromatic carbocycles. The van der Waals surface area contributed by atoms with E-state index in [0.29, 0.717) is 11.3 Å². The third-order valence-corrected chi connectivity index (χ3v) is 5.83. The summed E-state index contributed by atoms with van der Waals surface area (Å²) in [5.74, 6) is -0.456. The Hall–Kier alpha value is -3.78. The maximum Gasteiger partial charge on any atom is 0.271 e. The van der Waals surface area contributed by atoms with E-state index in [4.69, 9.17) is 0 Å². The standard InChI is InChI=1S/C22H20N4O3S/c1-17(23-25-21(27)18-11-5-2-6-12-18)22(26-24-19-13-7-3-8-14-19)30(28,29)20-15-9-4-10-16-20/h2-16,24H,1H3,(H,25,27)/b23-17+,26-22+. The molecule has 0 aliphatic rings. The van der Waals surface area contributed by atoms with Gasteiger partial charge in [0.25, 0.3) is 5.91 Å².